The fraction of sp³-hybridized carbons (Fsp3) is 0. The first kappa shape index (κ1) is 15.4. The molecule has 1 aromatic heterocycles. The summed E-state index contributed by atoms with van der Waals surface area (Å²) in [5.74, 6) is -2.51. The summed E-state index contributed by atoms with van der Waals surface area (Å²) >= 11 is 3.16. The number of benzene rings is 1. The molecule has 0 saturated carbocycles. The van der Waals surface area contributed by atoms with Crippen LogP contribution in [0, 0.1) is 5.82 Å². The number of hydrogen-bond acceptors (Lipinski definition) is 4. The number of sulfonamides is 1. The number of carbonyl (C=O) groups is 1. The van der Waals surface area contributed by atoms with E-state index < -0.39 is 27.4 Å². The van der Waals surface area contributed by atoms with Gasteiger partial charge in [-0.05, 0) is 46.3 Å². The zero-order valence-electron chi connectivity index (χ0n) is 10.2. The molecule has 2 rings (SSSR count). The van der Waals surface area contributed by atoms with E-state index in [1.54, 1.807) is 6.07 Å². The lowest BCUT2D eigenvalue weighted by Crippen LogP contribution is -2.15. The first-order chi connectivity index (χ1) is 9.79. The highest BCUT2D eigenvalue weighted by molar-refractivity contribution is 9.10. The van der Waals surface area contributed by atoms with Gasteiger partial charge in [-0.2, -0.15) is 0 Å². The molecule has 2 N–H and O–H groups in total. The molecule has 0 radical (unpaired) electrons. The lowest BCUT2D eigenvalue weighted by atomic mass is 10.2. The molecule has 0 amide bonds. The lowest BCUT2D eigenvalue weighted by molar-refractivity contribution is 0.0691. The van der Waals surface area contributed by atoms with Crippen molar-refractivity contribution in [3.05, 3.63) is 52.4 Å². The summed E-state index contributed by atoms with van der Waals surface area (Å²) in [5, 5.41) is 8.80. The number of nitrogens with zero attached hydrogens (tertiary/aromatic N) is 1. The number of carboxylic acid groups (broad SMARTS) is 1. The van der Waals surface area contributed by atoms with Crippen molar-refractivity contribution in [2.75, 3.05) is 4.72 Å². The predicted molar refractivity (Wildman–Crippen MR) is 76.1 cm³/mol. The molecule has 2 aromatic rings. The molecule has 9 heteroatoms. The molecule has 0 spiro atoms. The monoisotopic (exact) mass is 374 g/mol. The number of carboxylic acids is 1. The summed E-state index contributed by atoms with van der Waals surface area (Å²) < 4.78 is 40.3. The third-order valence-electron chi connectivity index (χ3n) is 2.44. The number of aromatic carboxylic acids is 1. The van der Waals surface area contributed by atoms with E-state index >= 15 is 0 Å². The van der Waals surface area contributed by atoms with E-state index in [0.29, 0.717) is 4.47 Å². The normalized spacial score (nSPS) is 11.1. The van der Waals surface area contributed by atoms with Crippen LogP contribution in [0.2, 0.25) is 0 Å². The molecule has 0 saturated heterocycles. The van der Waals surface area contributed by atoms with E-state index in [0.717, 1.165) is 18.2 Å². The minimum atomic E-state index is -4.06. The highest BCUT2D eigenvalue weighted by Gasteiger charge is 2.19. The third kappa shape index (κ3) is 3.56. The summed E-state index contributed by atoms with van der Waals surface area (Å²) in [6.45, 7) is 0. The summed E-state index contributed by atoms with van der Waals surface area (Å²) in [6.07, 6.45) is 1.39. The van der Waals surface area contributed by atoms with Gasteiger partial charge in [-0.3, -0.25) is 4.72 Å². The van der Waals surface area contributed by atoms with E-state index in [9.17, 15) is 17.6 Å². The molecule has 0 unspecified atom stereocenters. The van der Waals surface area contributed by atoms with Crippen LogP contribution in [0.3, 0.4) is 0 Å². The molecule has 0 aliphatic heterocycles. The number of nitrogens with one attached hydrogen (secondary N) is 1. The van der Waals surface area contributed by atoms with Gasteiger partial charge in [0, 0.05) is 10.7 Å². The second-order valence-electron chi connectivity index (χ2n) is 3.91. The maximum Gasteiger partial charge on any atom is 0.338 e. The lowest BCUT2D eigenvalue weighted by Gasteiger charge is -2.08. The second-order valence-corrected chi connectivity index (χ2v) is 6.51. The Kier molecular flexibility index (Phi) is 4.24. The highest BCUT2D eigenvalue weighted by atomic mass is 79.9. The molecule has 0 aliphatic carbocycles. The van der Waals surface area contributed by atoms with Crippen LogP contribution in [0.25, 0.3) is 0 Å². The Morgan fingerprint density at radius 2 is 2.00 bits per heavy atom. The van der Waals surface area contributed by atoms with Crippen molar-refractivity contribution >= 4 is 37.7 Å². The van der Waals surface area contributed by atoms with E-state index in [1.165, 1.54) is 12.3 Å². The number of aromatic nitrogens is 1. The second kappa shape index (κ2) is 5.78. The van der Waals surface area contributed by atoms with Crippen molar-refractivity contribution in [3.63, 3.8) is 0 Å². The van der Waals surface area contributed by atoms with Crippen molar-refractivity contribution in [2.24, 2.45) is 0 Å². The van der Waals surface area contributed by atoms with Gasteiger partial charge < -0.3 is 5.11 Å². The molecule has 1 aromatic carbocycles. The zero-order chi connectivity index (χ0) is 15.6. The van der Waals surface area contributed by atoms with Gasteiger partial charge in [-0.1, -0.05) is 0 Å². The van der Waals surface area contributed by atoms with Gasteiger partial charge in [-0.15, -0.1) is 0 Å². The number of anilines is 1. The summed E-state index contributed by atoms with van der Waals surface area (Å²) in [6, 6.07) is 5.51. The van der Waals surface area contributed by atoms with Crippen molar-refractivity contribution in [1.82, 2.24) is 4.98 Å². The Morgan fingerprint density at radius 1 is 1.29 bits per heavy atom. The largest absolute Gasteiger partial charge is 0.478 e. The molecule has 6 nitrogen and oxygen atoms in total. The Hall–Kier alpha value is -2.00. The molecule has 0 bridgehead atoms. The Bertz CT molecular complexity index is 793. The van der Waals surface area contributed by atoms with Crippen LogP contribution in [0.15, 0.2) is 45.9 Å². The van der Waals surface area contributed by atoms with Gasteiger partial charge in [0.05, 0.1) is 10.5 Å². The standard InChI is InChI=1S/C12H8BrFN2O4S/c13-7-1-4-11(15-6-7)16-21(19,20)8-2-3-10(14)9(5-8)12(17)18/h1-6H,(H,15,16)(H,17,18). The number of halogens is 2. The Balaban J connectivity index is 2.38. The van der Waals surface area contributed by atoms with Gasteiger partial charge in [0.15, 0.2) is 0 Å². The molecule has 110 valence electrons. The average molecular weight is 375 g/mol. The van der Waals surface area contributed by atoms with Gasteiger partial charge in [0.2, 0.25) is 0 Å². The Labute approximate surface area is 127 Å². The molecule has 21 heavy (non-hydrogen) atoms. The van der Waals surface area contributed by atoms with Gasteiger partial charge in [0.1, 0.15) is 11.6 Å². The van der Waals surface area contributed by atoms with Crippen LogP contribution >= 0.6 is 15.9 Å². The minimum Gasteiger partial charge on any atom is -0.478 e. The van der Waals surface area contributed by atoms with E-state index in [-0.39, 0.29) is 10.7 Å². The topological polar surface area (TPSA) is 96.4 Å². The minimum absolute atomic E-state index is 0.0550. The van der Waals surface area contributed by atoms with Crippen LogP contribution in [-0.2, 0) is 10.0 Å². The molecule has 0 aliphatic rings. The number of rotatable bonds is 4. The molecule has 1 heterocycles. The average Bonchev–Trinajstić information content (AvgIpc) is 2.41. The number of pyridine rings is 1. The van der Waals surface area contributed by atoms with Crippen LogP contribution in [0.1, 0.15) is 10.4 Å². The van der Waals surface area contributed by atoms with Crippen molar-refractivity contribution in [1.29, 1.82) is 0 Å². The fourth-order valence-corrected chi connectivity index (χ4v) is 2.74. The van der Waals surface area contributed by atoms with Crippen LogP contribution < -0.4 is 4.72 Å². The first-order valence-corrected chi connectivity index (χ1v) is 7.74. The summed E-state index contributed by atoms with van der Waals surface area (Å²) in [4.78, 5) is 14.3. The van der Waals surface area contributed by atoms with Crippen molar-refractivity contribution in [3.8, 4) is 0 Å². The smallest absolute Gasteiger partial charge is 0.338 e. The maximum absolute atomic E-state index is 13.3. The maximum atomic E-state index is 13.3. The van der Waals surface area contributed by atoms with Crippen LogP contribution in [-0.4, -0.2) is 24.5 Å². The molecule has 0 fully saturated rings. The van der Waals surface area contributed by atoms with E-state index in [4.69, 9.17) is 5.11 Å². The van der Waals surface area contributed by atoms with Crippen LogP contribution in [0.5, 0.6) is 0 Å². The van der Waals surface area contributed by atoms with Crippen molar-refractivity contribution < 1.29 is 22.7 Å². The van der Waals surface area contributed by atoms with Gasteiger partial charge >= 0.3 is 5.97 Å². The predicted octanol–water partition coefficient (Wildman–Crippen LogP) is 2.48. The molecule has 0 atom stereocenters. The molecular formula is C12H8BrFN2O4S. The summed E-state index contributed by atoms with van der Waals surface area (Å²) in [5.41, 5.74) is -0.721. The fourth-order valence-electron chi connectivity index (χ4n) is 1.47. The summed E-state index contributed by atoms with van der Waals surface area (Å²) in [7, 11) is -4.06. The zero-order valence-corrected chi connectivity index (χ0v) is 12.6. The SMILES string of the molecule is O=C(O)c1cc(S(=O)(=O)Nc2ccc(Br)cn2)ccc1F. The Morgan fingerprint density at radius 3 is 2.57 bits per heavy atom. The first-order valence-electron chi connectivity index (χ1n) is 5.47. The van der Waals surface area contributed by atoms with Gasteiger partial charge in [0.25, 0.3) is 10.0 Å². The number of hydrogen-bond donors (Lipinski definition) is 2. The quantitative estimate of drug-likeness (QED) is 0.856. The van der Waals surface area contributed by atoms with E-state index in [2.05, 4.69) is 25.6 Å². The van der Waals surface area contributed by atoms with Crippen LogP contribution in [0.4, 0.5) is 10.2 Å². The van der Waals surface area contributed by atoms with Crippen molar-refractivity contribution in [2.45, 2.75) is 4.90 Å². The van der Waals surface area contributed by atoms with E-state index in [1.807, 2.05) is 0 Å². The highest BCUT2D eigenvalue weighted by Crippen LogP contribution is 2.19. The molecular weight excluding hydrogens is 367 g/mol. The van der Waals surface area contributed by atoms with Gasteiger partial charge in [-0.25, -0.2) is 22.6 Å². The third-order valence-corrected chi connectivity index (χ3v) is 4.27.